The minimum absolute atomic E-state index is 0.0159. The van der Waals surface area contributed by atoms with E-state index in [9.17, 15) is 0 Å². The van der Waals surface area contributed by atoms with E-state index in [1.165, 1.54) is 0 Å². The molecule has 2 fully saturated rings. The Labute approximate surface area is 126 Å². The molecule has 118 valence electrons. The highest BCUT2D eigenvalue weighted by atomic mass is 16.5. The zero-order chi connectivity index (χ0) is 14.7. The highest BCUT2D eigenvalue weighted by Gasteiger charge is 2.27. The number of rotatable bonds is 5. The van der Waals surface area contributed by atoms with E-state index in [0.29, 0.717) is 12.0 Å². The first-order chi connectivity index (χ1) is 10.3. The summed E-state index contributed by atoms with van der Waals surface area (Å²) in [6.45, 7) is 8.54. The van der Waals surface area contributed by atoms with Crippen molar-refractivity contribution in [3.8, 4) is 0 Å². The Kier molecular flexibility index (Phi) is 4.90. The van der Waals surface area contributed by atoms with Crippen molar-refractivity contribution in [2.75, 3.05) is 46.1 Å². The molecule has 2 aliphatic heterocycles. The second kappa shape index (κ2) is 6.87. The van der Waals surface area contributed by atoms with Gasteiger partial charge in [-0.2, -0.15) is 0 Å². The van der Waals surface area contributed by atoms with Crippen LogP contribution in [0.25, 0.3) is 0 Å². The van der Waals surface area contributed by atoms with Gasteiger partial charge in [-0.15, -0.1) is 0 Å². The summed E-state index contributed by atoms with van der Waals surface area (Å²) in [5.74, 6) is 0.413. The van der Waals surface area contributed by atoms with Crippen molar-refractivity contribution in [3.63, 3.8) is 0 Å². The fourth-order valence-corrected chi connectivity index (χ4v) is 3.26. The van der Waals surface area contributed by atoms with Gasteiger partial charge in [0.05, 0.1) is 37.9 Å². The lowest BCUT2D eigenvalue weighted by Crippen LogP contribution is -2.39. The van der Waals surface area contributed by atoms with Crippen LogP contribution in [0.2, 0.25) is 0 Å². The van der Waals surface area contributed by atoms with E-state index in [0.717, 1.165) is 58.2 Å². The number of aromatic nitrogens is 2. The largest absolute Gasteiger partial charge is 0.381 e. The average Bonchev–Trinajstić information content (AvgIpc) is 3.19. The Morgan fingerprint density at radius 2 is 2.14 bits per heavy atom. The molecule has 2 aliphatic rings. The van der Waals surface area contributed by atoms with Gasteiger partial charge in [0, 0.05) is 44.4 Å². The van der Waals surface area contributed by atoms with Crippen LogP contribution in [-0.2, 0) is 9.47 Å². The van der Waals surface area contributed by atoms with E-state index in [2.05, 4.69) is 21.4 Å². The van der Waals surface area contributed by atoms with Crippen LogP contribution in [0.5, 0.6) is 0 Å². The Morgan fingerprint density at radius 3 is 2.86 bits per heavy atom. The molecule has 2 N–H and O–H groups in total. The van der Waals surface area contributed by atoms with Crippen LogP contribution in [-0.4, -0.2) is 60.5 Å². The van der Waals surface area contributed by atoms with Crippen LogP contribution in [0.1, 0.15) is 31.1 Å². The molecule has 6 nitrogen and oxygen atoms in total. The van der Waals surface area contributed by atoms with E-state index in [-0.39, 0.29) is 6.04 Å². The van der Waals surface area contributed by atoms with Crippen molar-refractivity contribution in [2.24, 2.45) is 11.7 Å². The van der Waals surface area contributed by atoms with Gasteiger partial charge in [-0.25, -0.2) is 4.98 Å². The van der Waals surface area contributed by atoms with E-state index in [1.807, 2.05) is 12.5 Å². The lowest BCUT2D eigenvalue weighted by atomic mass is 9.97. The molecule has 3 rings (SSSR count). The highest BCUT2D eigenvalue weighted by Crippen LogP contribution is 2.28. The second-order valence-electron chi connectivity index (χ2n) is 6.14. The maximum absolute atomic E-state index is 6.44. The Bertz CT molecular complexity index is 439. The molecule has 0 saturated carbocycles. The molecule has 0 bridgehead atoms. The molecule has 0 aromatic carbocycles. The van der Waals surface area contributed by atoms with Crippen molar-refractivity contribution in [1.82, 2.24) is 14.5 Å². The van der Waals surface area contributed by atoms with E-state index in [4.69, 9.17) is 15.2 Å². The molecule has 0 radical (unpaired) electrons. The first-order valence-corrected chi connectivity index (χ1v) is 7.91. The molecule has 0 aliphatic carbocycles. The molecule has 3 unspecified atom stereocenters. The monoisotopic (exact) mass is 294 g/mol. The number of nitrogens with two attached hydrogens (primary N) is 1. The maximum Gasteiger partial charge on any atom is 0.0951 e. The number of nitrogens with zero attached hydrogens (tertiary/aromatic N) is 3. The van der Waals surface area contributed by atoms with Crippen LogP contribution in [0, 0.1) is 5.92 Å². The molecule has 3 heterocycles. The predicted octanol–water partition coefficient (Wildman–Crippen LogP) is 0.813. The Balaban J connectivity index is 1.65. The predicted molar refractivity (Wildman–Crippen MR) is 80.1 cm³/mol. The first kappa shape index (κ1) is 15.0. The van der Waals surface area contributed by atoms with Gasteiger partial charge in [0.15, 0.2) is 0 Å². The summed E-state index contributed by atoms with van der Waals surface area (Å²) in [5.41, 5.74) is 7.57. The van der Waals surface area contributed by atoms with Gasteiger partial charge in [-0.3, -0.25) is 4.90 Å². The lowest BCUT2D eigenvalue weighted by Gasteiger charge is -2.31. The van der Waals surface area contributed by atoms with Crippen LogP contribution < -0.4 is 5.73 Å². The number of ether oxygens (including phenoxy) is 2. The summed E-state index contributed by atoms with van der Waals surface area (Å²) in [5, 5.41) is 0. The minimum atomic E-state index is 0.0159. The quantitative estimate of drug-likeness (QED) is 0.870. The van der Waals surface area contributed by atoms with Crippen molar-refractivity contribution in [3.05, 3.63) is 18.2 Å². The number of imidazole rings is 1. The van der Waals surface area contributed by atoms with Gasteiger partial charge in [-0.1, -0.05) is 0 Å². The fourth-order valence-electron chi connectivity index (χ4n) is 3.26. The Morgan fingerprint density at radius 1 is 1.33 bits per heavy atom. The summed E-state index contributed by atoms with van der Waals surface area (Å²) in [4.78, 5) is 6.77. The number of morpholine rings is 1. The number of hydrogen-bond donors (Lipinski definition) is 1. The third-order valence-corrected chi connectivity index (χ3v) is 4.61. The SMILES string of the molecule is CC(CN1CCOCC1)n1cncc1C(N)C1CCOC1. The van der Waals surface area contributed by atoms with Gasteiger partial charge < -0.3 is 19.8 Å². The molecule has 0 amide bonds. The third kappa shape index (κ3) is 3.45. The van der Waals surface area contributed by atoms with Crippen LogP contribution >= 0.6 is 0 Å². The molecule has 2 saturated heterocycles. The zero-order valence-corrected chi connectivity index (χ0v) is 12.8. The van der Waals surface area contributed by atoms with Crippen LogP contribution in [0.4, 0.5) is 0 Å². The molecular formula is C15H26N4O2. The van der Waals surface area contributed by atoms with Crippen LogP contribution in [0.3, 0.4) is 0 Å². The molecule has 6 heteroatoms. The number of hydrogen-bond acceptors (Lipinski definition) is 5. The van der Waals surface area contributed by atoms with Crippen molar-refractivity contribution in [2.45, 2.75) is 25.4 Å². The first-order valence-electron chi connectivity index (χ1n) is 7.91. The summed E-state index contributed by atoms with van der Waals surface area (Å²) >= 11 is 0. The zero-order valence-electron chi connectivity index (χ0n) is 12.8. The second-order valence-corrected chi connectivity index (χ2v) is 6.14. The van der Waals surface area contributed by atoms with E-state index in [1.54, 1.807) is 0 Å². The van der Waals surface area contributed by atoms with Gasteiger partial charge in [0.2, 0.25) is 0 Å². The lowest BCUT2D eigenvalue weighted by molar-refractivity contribution is 0.0323. The van der Waals surface area contributed by atoms with Gasteiger partial charge >= 0.3 is 0 Å². The van der Waals surface area contributed by atoms with Crippen LogP contribution in [0.15, 0.2) is 12.5 Å². The summed E-state index contributed by atoms with van der Waals surface area (Å²) < 4.78 is 13.1. The smallest absolute Gasteiger partial charge is 0.0951 e. The normalized spacial score (nSPS) is 26.9. The summed E-state index contributed by atoms with van der Waals surface area (Å²) in [7, 11) is 0. The average molecular weight is 294 g/mol. The molecule has 1 aromatic heterocycles. The molecular weight excluding hydrogens is 268 g/mol. The minimum Gasteiger partial charge on any atom is -0.381 e. The molecule has 0 spiro atoms. The van der Waals surface area contributed by atoms with Gasteiger partial charge in [-0.05, 0) is 13.3 Å². The van der Waals surface area contributed by atoms with Gasteiger partial charge in [0.1, 0.15) is 0 Å². The van der Waals surface area contributed by atoms with Gasteiger partial charge in [0.25, 0.3) is 0 Å². The standard InChI is InChI=1S/C15H26N4O2/c1-12(9-18-3-6-20-7-4-18)19-11-17-8-14(19)15(16)13-2-5-21-10-13/h8,11-13,15H,2-7,9-10,16H2,1H3. The van der Waals surface area contributed by atoms with Crippen molar-refractivity contribution >= 4 is 0 Å². The molecule has 21 heavy (non-hydrogen) atoms. The summed E-state index contributed by atoms with van der Waals surface area (Å²) in [6, 6.07) is 0.385. The maximum atomic E-state index is 6.44. The molecule has 3 atom stereocenters. The van der Waals surface area contributed by atoms with Crippen molar-refractivity contribution < 1.29 is 9.47 Å². The summed E-state index contributed by atoms with van der Waals surface area (Å²) in [6.07, 6.45) is 4.87. The highest BCUT2D eigenvalue weighted by molar-refractivity contribution is 5.08. The van der Waals surface area contributed by atoms with E-state index < -0.39 is 0 Å². The van der Waals surface area contributed by atoms with Crippen molar-refractivity contribution in [1.29, 1.82) is 0 Å². The topological polar surface area (TPSA) is 65.5 Å². The third-order valence-electron chi connectivity index (χ3n) is 4.61. The Hall–Kier alpha value is -0.950. The fraction of sp³-hybridized carbons (Fsp3) is 0.800. The van der Waals surface area contributed by atoms with E-state index >= 15 is 0 Å². The molecule has 1 aromatic rings.